The van der Waals surface area contributed by atoms with E-state index in [9.17, 15) is 29.2 Å². The molecule has 3 aliphatic carbocycles. The van der Waals surface area contributed by atoms with Crippen molar-refractivity contribution in [2.24, 2.45) is 40.7 Å². The third-order valence-corrected chi connectivity index (χ3v) is 23.2. The molecule has 14 N–H and O–H groups in total. The fraction of sp³-hybridized carbons (Fsp3) is 0.373. The predicted octanol–water partition coefficient (Wildman–Crippen LogP) is 20.5. The number of aromatic nitrogens is 6. The number of Topliss-reactive ketones (excluding diaryl/α,β-unsaturated/α-hetero) is 3. The maximum absolute atomic E-state index is 15.2. The van der Waals surface area contributed by atoms with Crippen LogP contribution in [0.1, 0.15) is 252 Å². The molecule has 0 radical (unpaired) electrons. The molecule has 756 valence electrons. The molecule has 31 heteroatoms. The van der Waals surface area contributed by atoms with Crippen LogP contribution < -0.4 is 54.8 Å². The average molecular weight is 2030 g/mol. The molecule has 3 aromatic heterocycles. The molecule has 15 rings (SSSR count). The Kier molecular flexibility index (Phi) is 45.4. The van der Waals surface area contributed by atoms with Crippen molar-refractivity contribution < 1.29 is 59.3 Å². The molecule has 24 nitrogen and oxygen atoms in total. The summed E-state index contributed by atoms with van der Waals surface area (Å²) >= 11 is 0.569. The molecular formula is C110H137Cl3F3N17NiO7. The number of nitrogens with one attached hydrogen (secondary N) is 6. The predicted molar refractivity (Wildman–Crippen MR) is 555 cm³/mol. The zero-order valence-corrected chi connectivity index (χ0v) is 83.8. The van der Waals surface area contributed by atoms with Crippen molar-refractivity contribution in [3.05, 3.63) is 353 Å². The maximum atomic E-state index is 15.2. The molecule has 2 amide bonds. The number of nitrogens with zero attached hydrogens (tertiary/aromatic N) is 7. The van der Waals surface area contributed by atoms with E-state index in [2.05, 4.69) is 72.3 Å². The third-order valence-electron chi connectivity index (χ3n) is 23.2. The van der Waals surface area contributed by atoms with E-state index >= 15 is 13.2 Å². The number of hydrogen-bond donors (Lipinski definition) is 10. The van der Waals surface area contributed by atoms with Crippen LogP contribution in [0.3, 0.4) is 0 Å². The van der Waals surface area contributed by atoms with Gasteiger partial charge in [-0.05, 0) is 307 Å². The van der Waals surface area contributed by atoms with E-state index < -0.39 is 40.8 Å². The first-order chi connectivity index (χ1) is 66.2. The molecule has 3 unspecified atom stereocenters. The third kappa shape index (κ3) is 35.8. The number of amides is 2. The van der Waals surface area contributed by atoms with E-state index in [-0.39, 0.29) is 88.5 Å². The van der Waals surface area contributed by atoms with Crippen LogP contribution >= 0.6 is 32.8 Å². The van der Waals surface area contributed by atoms with Gasteiger partial charge in [0.1, 0.15) is 45.7 Å². The molecule has 3 heterocycles. The number of alkyl carbamates (subject to hydrolysis) is 2. The number of carbonyl (C=O) groups excluding carboxylic acids is 5. The molecule has 9 aromatic carbocycles. The number of aryl methyl sites for hydroxylation is 4. The second kappa shape index (κ2) is 55.8. The Bertz CT molecular complexity index is 6100. The van der Waals surface area contributed by atoms with Crippen molar-refractivity contribution in [2.75, 3.05) is 45.8 Å². The SMILES string of the molecule is C.C.CCc1cccc(-n2nc(C)cc2C(=O)Cc2cc(C(NCC3CC3)c3ccc(CNC(=O)OC(C)(C)C)cc3)ccc2F)c1.Cc1cc(C(=O)Cc2cc(C(NCC3CC3)c3ccc(C#N)cc3)ccc2F)n(-c2cccc(CNC(=O)OC(C)(C)C)c2)n1.Cc1cc(C(=O)Cc2cc(C(NCC3CC3)c3ccc(CN)cc3)ccc2F)n(-c2cccc(CN)c2)n1.Cl.NCCNCCN.[Cl][Ni][Cl]. The molecule has 0 bridgehead atoms. The van der Waals surface area contributed by atoms with E-state index in [1.54, 1.807) is 102 Å². The molecule has 3 aliphatic rings. The van der Waals surface area contributed by atoms with Gasteiger partial charge in [-0.25, -0.2) is 36.8 Å². The molecule has 3 atom stereocenters. The van der Waals surface area contributed by atoms with E-state index in [1.807, 2.05) is 162 Å². The van der Waals surface area contributed by atoms with Gasteiger partial charge in [0.2, 0.25) is 0 Å². The summed E-state index contributed by atoms with van der Waals surface area (Å²) in [5.74, 6) is 0.0251. The standard InChI is InChI=1S/C37H43FN4O3.C36H38FN5O3.C31H34FN5O.C4H13N3.2CH4.3ClH.Ni/c1-6-25-8-7-9-31(19-25)42-33(18-24(2)41-42)34(43)21-30-20-29(16-17-32(30)38)35(39-22-26-10-11-26)28-14-12-27(13-15-28)23-40-36(44)45-37(3,4)5;1-23-16-32(42(41-23)30-7-5-6-26(17-30)22-40-35(44)45-36(2,3)4)33(43)19-29-18-28(14-15-31(29)37)34(39-21-25-8-9-25)27-12-10-24(20-38)11-13-27;1-20-13-29(37(36-20)27-4-2-3-23(14-27)18-34)30(38)16-26-15-25(11-12-28(26)32)31(35-19-22-5-6-22)24-9-7-21(17-33)8-10-24;5-1-3-7-4-2-6;;;;;;/h7-9,12-20,26,35,39H,6,10-11,21-23H2,1-5H3,(H,40,44);5-7,10-18,25,34,39H,8-9,19,21-22H2,1-4H3,(H,40,44);2-4,7-15,22,31,35H,5-6,16-19,33-34H2,1H3;7H,1-6H2;2*1H4;3*1H;/q;;;;;;;;;+2/p-2. The van der Waals surface area contributed by atoms with Crippen molar-refractivity contribution in [1.82, 2.24) is 61.2 Å². The van der Waals surface area contributed by atoms with Crippen molar-refractivity contribution in [3.8, 4) is 23.1 Å². The summed E-state index contributed by atoms with van der Waals surface area (Å²) < 4.78 is 61.0. The number of ketones is 3. The van der Waals surface area contributed by atoms with Gasteiger partial charge in [0.05, 0.1) is 63.9 Å². The monoisotopic (exact) mass is 2030 g/mol. The zero-order chi connectivity index (χ0) is 99.2. The van der Waals surface area contributed by atoms with Crippen molar-refractivity contribution in [3.63, 3.8) is 0 Å². The summed E-state index contributed by atoms with van der Waals surface area (Å²) in [5, 5.41) is 42.4. The molecule has 0 aliphatic heterocycles. The summed E-state index contributed by atoms with van der Waals surface area (Å²) in [4.78, 5) is 65.1. The van der Waals surface area contributed by atoms with Crippen LogP contribution in [0, 0.1) is 67.3 Å². The number of ether oxygens (including phenoxy) is 2. The minimum atomic E-state index is -0.607. The van der Waals surface area contributed by atoms with Gasteiger partial charge < -0.3 is 64.3 Å². The molecule has 3 saturated carbocycles. The molecular weight excluding hydrogens is 1890 g/mol. The van der Waals surface area contributed by atoms with Gasteiger partial charge in [-0.2, -0.15) is 20.6 Å². The first-order valence-electron chi connectivity index (χ1n) is 46.8. The van der Waals surface area contributed by atoms with Crippen LogP contribution in [0.25, 0.3) is 17.1 Å². The number of halogens is 6. The Morgan fingerprint density at radius 2 is 0.745 bits per heavy atom. The van der Waals surface area contributed by atoms with Crippen LogP contribution in [0.5, 0.6) is 0 Å². The number of nitriles is 1. The summed E-state index contributed by atoms with van der Waals surface area (Å²) in [6.45, 7) is 25.6. The van der Waals surface area contributed by atoms with E-state index in [4.69, 9.17) is 52.8 Å². The van der Waals surface area contributed by atoms with Crippen molar-refractivity contribution >= 4 is 62.3 Å². The topological polar surface area (TPSA) is 357 Å². The Labute approximate surface area is 849 Å². The first kappa shape index (κ1) is 115. The quantitative estimate of drug-likeness (QED) is 0.00976. The molecule has 3 fully saturated rings. The second-order valence-electron chi connectivity index (χ2n) is 37.0. The fourth-order valence-electron chi connectivity index (χ4n) is 15.6. The van der Waals surface area contributed by atoms with Crippen LogP contribution in [0.2, 0.25) is 0 Å². The Balaban J connectivity index is 0.000000245. The summed E-state index contributed by atoms with van der Waals surface area (Å²) in [6.07, 6.45) is 6.84. The second-order valence-corrected chi connectivity index (χ2v) is 38.7. The zero-order valence-electron chi connectivity index (χ0n) is 80.5. The van der Waals surface area contributed by atoms with Crippen LogP contribution in [-0.2, 0) is 74.0 Å². The van der Waals surface area contributed by atoms with Gasteiger partial charge in [-0.3, -0.25) is 14.4 Å². The van der Waals surface area contributed by atoms with E-state index in [1.165, 1.54) is 56.7 Å². The van der Waals surface area contributed by atoms with Crippen molar-refractivity contribution in [1.29, 1.82) is 5.26 Å². The Hall–Kier alpha value is -11.5. The Morgan fingerprint density at radius 1 is 0.440 bits per heavy atom. The Morgan fingerprint density at radius 3 is 1.06 bits per heavy atom. The number of nitrogens with two attached hydrogens (primary N) is 4. The molecule has 0 spiro atoms. The van der Waals surface area contributed by atoms with Gasteiger partial charge in [0.25, 0.3) is 0 Å². The number of carbonyl (C=O) groups is 5. The summed E-state index contributed by atoms with van der Waals surface area (Å²) in [6, 6.07) is 68.4. The average Bonchev–Trinajstić information content (AvgIpc) is 1.72. The summed E-state index contributed by atoms with van der Waals surface area (Å²) in [5.41, 5.74) is 38.5. The minimum absolute atomic E-state index is 0. The molecule has 141 heavy (non-hydrogen) atoms. The van der Waals surface area contributed by atoms with Gasteiger partial charge in [0, 0.05) is 71.6 Å². The van der Waals surface area contributed by atoms with Gasteiger partial charge in [0.15, 0.2) is 17.3 Å². The molecule has 12 aromatic rings. The summed E-state index contributed by atoms with van der Waals surface area (Å²) in [7, 11) is 9.40. The first-order valence-corrected chi connectivity index (χ1v) is 49.5. The van der Waals surface area contributed by atoms with Gasteiger partial charge in [-0.15, -0.1) is 12.4 Å². The molecule has 0 saturated heterocycles. The number of rotatable bonds is 38. The van der Waals surface area contributed by atoms with Crippen LogP contribution in [0.4, 0.5) is 22.8 Å². The van der Waals surface area contributed by atoms with E-state index in [0.29, 0.717) is 120 Å². The number of benzene rings is 9. The van der Waals surface area contributed by atoms with Crippen LogP contribution in [0.15, 0.2) is 218 Å². The van der Waals surface area contributed by atoms with E-state index in [0.717, 1.165) is 117 Å². The van der Waals surface area contributed by atoms with Gasteiger partial charge >= 0.3 is 45.2 Å². The fourth-order valence-corrected chi connectivity index (χ4v) is 15.6. The van der Waals surface area contributed by atoms with Crippen molar-refractivity contribution in [2.45, 2.75) is 204 Å². The van der Waals surface area contributed by atoms with Gasteiger partial charge in [-0.1, -0.05) is 155 Å². The van der Waals surface area contributed by atoms with Crippen LogP contribution in [-0.4, -0.2) is 116 Å². The number of hydrogen-bond acceptors (Lipinski definition) is 19. The normalized spacial score (nSPS) is 13.1.